The molecule has 1 aliphatic heterocycles. The third-order valence-electron chi connectivity index (χ3n) is 5.79. The highest BCUT2D eigenvalue weighted by Gasteiger charge is 2.48. The fourth-order valence-corrected chi connectivity index (χ4v) is 4.22. The number of pyridine rings is 1. The molecule has 9 heteroatoms. The second-order valence-corrected chi connectivity index (χ2v) is 9.18. The first-order chi connectivity index (χ1) is 15.5. The van der Waals surface area contributed by atoms with Crippen LogP contribution in [0.15, 0.2) is 41.5 Å². The van der Waals surface area contributed by atoms with Gasteiger partial charge in [-0.25, -0.2) is 4.68 Å². The number of hydrogen-bond acceptors (Lipinski definition) is 3. The van der Waals surface area contributed by atoms with Crippen LogP contribution < -0.4 is 10.1 Å². The van der Waals surface area contributed by atoms with E-state index in [0.717, 1.165) is 11.1 Å². The molecule has 0 atom stereocenters. The number of aromatic nitrogens is 3. The van der Waals surface area contributed by atoms with Gasteiger partial charge in [-0.2, -0.15) is 4.57 Å². The summed E-state index contributed by atoms with van der Waals surface area (Å²) in [6, 6.07) is 6.28. The van der Waals surface area contributed by atoms with Gasteiger partial charge in [-0.3, -0.25) is 24.4 Å². The van der Waals surface area contributed by atoms with Gasteiger partial charge in [0.1, 0.15) is 5.57 Å². The van der Waals surface area contributed by atoms with Gasteiger partial charge in [0.15, 0.2) is 12.4 Å². The molecule has 1 N–H and O–H groups in total. The summed E-state index contributed by atoms with van der Waals surface area (Å²) in [6.45, 7) is 9.10. The van der Waals surface area contributed by atoms with E-state index in [1.165, 1.54) is 9.58 Å². The number of aryl methyl sites for hydroxylation is 3. The lowest BCUT2D eigenvalue weighted by Crippen LogP contribution is -2.42. The number of carbonyl (C=O) groups excluding carboxylic acids is 2. The van der Waals surface area contributed by atoms with Crippen LogP contribution in [-0.4, -0.2) is 32.5 Å². The van der Waals surface area contributed by atoms with Crippen molar-refractivity contribution in [3.63, 3.8) is 0 Å². The highest BCUT2D eigenvalue weighted by atomic mass is 35.5. The Bertz CT molecular complexity index is 1420. The molecule has 0 bridgehead atoms. The van der Waals surface area contributed by atoms with E-state index in [9.17, 15) is 14.4 Å². The van der Waals surface area contributed by atoms with Crippen molar-refractivity contribution >= 4 is 46.3 Å². The van der Waals surface area contributed by atoms with Crippen molar-refractivity contribution in [3.05, 3.63) is 79.4 Å². The summed E-state index contributed by atoms with van der Waals surface area (Å²) in [7, 11) is 0. The van der Waals surface area contributed by atoms with Crippen LogP contribution in [0.3, 0.4) is 0 Å². The van der Waals surface area contributed by atoms with Crippen LogP contribution in [0.4, 0.5) is 0 Å². The molecule has 0 radical (unpaired) electrons. The fourth-order valence-electron chi connectivity index (χ4n) is 3.93. The van der Waals surface area contributed by atoms with Crippen LogP contribution in [0.2, 0.25) is 10.0 Å². The lowest BCUT2D eigenvalue weighted by molar-refractivity contribution is -0.577. The van der Waals surface area contributed by atoms with Crippen LogP contribution in [0.1, 0.15) is 36.2 Å². The summed E-state index contributed by atoms with van der Waals surface area (Å²) in [5, 5.41) is 3.65. The molecule has 1 aromatic carbocycles. The summed E-state index contributed by atoms with van der Waals surface area (Å²) < 4.78 is 2.91. The highest BCUT2D eigenvalue weighted by Crippen LogP contribution is 2.31. The van der Waals surface area contributed by atoms with Crippen molar-refractivity contribution in [2.45, 2.75) is 40.7 Å². The minimum absolute atomic E-state index is 0.0690. The first-order valence-corrected chi connectivity index (χ1v) is 11.2. The summed E-state index contributed by atoms with van der Waals surface area (Å²) in [5.41, 5.74) is 2.81. The van der Waals surface area contributed by atoms with E-state index >= 15 is 0 Å². The van der Waals surface area contributed by atoms with Crippen LogP contribution in [-0.2, 0) is 9.59 Å². The minimum Gasteiger partial charge on any atom is -0.295 e. The molecule has 4 rings (SSSR count). The highest BCUT2D eigenvalue weighted by molar-refractivity contribution is 6.44. The van der Waals surface area contributed by atoms with Gasteiger partial charge in [0.05, 0.1) is 21.3 Å². The van der Waals surface area contributed by atoms with Crippen molar-refractivity contribution in [2.75, 3.05) is 0 Å². The number of benzene rings is 1. The Kier molecular flexibility index (Phi) is 5.80. The van der Waals surface area contributed by atoms with Crippen LogP contribution >= 0.6 is 23.2 Å². The summed E-state index contributed by atoms with van der Waals surface area (Å²) in [4.78, 5) is 41.6. The van der Waals surface area contributed by atoms with Crippen LogP contribution in [0.25, 0.3) is 17.0 Å². The van der Waals surface area contributed by atoms with Gasteiger partial charge in [0, 0.05) is 23.4 Å². The second kappa shape index (κ2) is 8.32. The number of carbonyl (C=O) groups is 2. The van der Waals surface area contributed by atoms with Gasteiger partial charge in [0.25, 0.3) is 17.2 Å². The average molecular weight is 486 g/mol. The monoisotopic (exact) mass is 485 g/mol. The Labute approximate surface area is 200 Å². The molecule has 1 aliphatic rings. The van der Waals surface area contributed by atoms with E-state index in [4.69, 9.17) is 23.2 Å². The number of nitrogens with one attached hydrogen (secondary N) is 1. The maximum absolute atomic E-state index is 13.5. The molecule has 0 spiro atoms. The zero-order valence-electron chi connectivity index (χ0n) is 18.9. The summed E-state index contributed by atoms with van der Waals surface area (Å²) in [6.07, 6.45) is 3.52. The number of aromatic amines is 1. The summed E-state index contributed by atoms with van der Waals surface area (Å²) >= 11 is 12.1. The Morgan fingerprint density at radius 1 is 0.939 bits per heavy atom. The predicted molar refractivity (Wildman–Crippen MR) is 127 cm³/mol. The zero-order chi connectivity index (χ0) is 24.2. The largest absolute Gasteiger partial charge is 0.327 e. The minimum atomic E-state index is -0.504. The number of imide groups is 1. The molecule has 3 aromatic rings. The Hall–Kier alpha value is -3.16. The number of hydrogen-bond donors (Lipinski definition) is 1. The maximum atomic E-state index is 13.5. The molecule has 0 unspecified atom stereocenters. The number of halogens is 2. The molecule has 0 saturated carbocycles. The fraction of sp³-hybridized carbons (Fsp3) is 0.250. The first kappa shape index (κ1) is 23.0. The van der Waals surface area contributed by atoms with Crippen molar-refractivity contribution in [1.29, 1.82) is 0 Å². The number of H-pyrrole nitrogens is 1. The molecule has 7 nitrogen and oxygen atoms in total. The smallest absolute Gasteiger partial charge is 0.295 e. The third kappa shape index (κ3) is 3.71. The van der Waals surface area contributed by atoms with Crippen molar-refractivity contribution in [1.82, 2.24) is 14.7 Å². The van der Waals surface area contributed by atoms with Gasteiger partial charge in [-0.1, -0.05) is 23.2 Å². The average Bonchev–Trinajstić information content (AvgIpc) is 3.17. The van der Waals surface area contributed by atoms with Gasteiger partial charge in [-0.05, 0) is 58.4 Å². The van der Waals surface area contributed by atoms with E-state index < -0.39 is 17.4 Å². The molecular formula is C24H23Cl2N4O3+. The number of amides is 2. The molecule has 0 fully saturated rings. The van der Waals surface area contributed by atoms with Crippen molar-refractivity contribution in [2.24, 2.45) is 0 Å². The molecular weight excluding hydrogens is 463 g/mol. The second-order valence-electron chi connectivity index (χ2n) is 8.37. The van der Waals surface area contributed by atoms with E-state index in [1.54, 1.807) is 55.9 Å². The molecule has 0 saturated heterocycles. The molecule has 0 aliphatic carbocycles. The molecule has 170 valence electrons. The Balaban J connectivity index is 2.00. The van der Waals surface area contributed by atoms with E-state index in [0.29, 0.717) is 21.4 Å². The van der Waals surface area contributed by atoms with Crippen molar-refractivity contribution in [3.8, 4) is 5.69 Å². The van der Waals surface area contributed by atoms with E-state index in [2.05, 4.69) is 5.10 Å². The normalized spacial score (nSPS) is 14.2. The third-order valence-corrected chi connectivity index (χ3v) is 6.53. The first-order valence-electron chi connectivity index (χ1n) is 10.4. The predicted octanol–water partition coefficient (Wildman–Crippen LogP) is 3.83. The summed E-state index contributed by atoms with van der Waals surface area (Å²) in [5.74, 6) is -0.949. The van der Waals surface area contributed by atoms with Gasteiger partial charge in [0.2, 0.25) is 0 Å². The number of rotatable bonds is 4. The Morgan fingerprint density at radius 2 is 1.64 bits per heavy atom. The lowest BCUT2D eigenvalue weighted by atomic mass is 10.0. The quantitative estimate of drug-likeness (QED) is 0.450. The standard InChI is InChI=1S/C24H22Cl2N4O3/c1-12(2)29-22(31)20(21(24(29)33)28-9-8-13(3)14(4)11-28)19-15(5)27-30(23(19)32)16-6-7-17(25)18(26)10-16/h6-12H,1-5H3/p+1. The van der Waals surface area contributed by atoms with Gasteiger partial charge < -0.3 is 0 Å². The lowest BCUT2D eigenvalue weighted by Gasteiger charge is -2.17. The van der Waals surface area contributed by atoms with Gasteiger partial charge in [-0.15, -0.1) is 0 Å². The van der Waals surface area contributed by atoms with E-state index in [1.807, 2.05) is 19.9 Å². The number of nitrogens with zero attached hydrogens (tertiary/aromatic N) is 3. The zero-order valence-corrected chi connectivity index (χ0v) is 20.4. The van der Waals surface area contributed by atoms with E-state index in [-0.39, 0.29) is 22.9 Å². The van der Waals surface area contributed by atoms with Crippen LogP contribution in [0, 0.1) is 20.8 Å². The van der Waals surface area contributed by atoms with Crippen molar-refractivity contribution < 1.29 is 14.2 Å². The molecule has 2 aromatic heterocycles. The SMILES string of the molecule is Cc1cc[n+](C2=C(c3c(C)[nH]n(-c4ccc(Cl)c(Cl)c4)c3=O)C(=O)N(C(C)C)C2=O)cc1C. The topological polar surface area (TPSA) is 79.1 Å². The van der Waals surface area contributed by atoms with Gasteiger partial charge >= 0.3 is 5.91 Å². The molecule has 3 heterocycles. The maximum Gasteiger partial charge on any atom is 0.327 e. The van der Waals surface area contributed by atoms with Crippen LogP contribution in [0.5, 0.6) is 0 Å². The molecule has 33 heavy (non-hydrogen) atoms. The molecule has 2 amide bonds. The Morgan fingerprint density at radius 3 is 2.24 bits per heavy atom.